The molecule has 0 aliphatic carbocycles. The van der Waals surface area contributed by atoms with Gasteiger partial charge in [-0.15, -0.1) is 0 Å². The third-order valence-corrected chi connectivity index (χ3v) is 3.04. The number of aryl methyl sites for hydroxylation is 3. The van der Waals surface area contributed by atoms with Gasteiger partial charge in [-0.3, -0.25) is 0 Å². The van der Waals surface area contributed by atoms with Crippen molar-refractivity contribution in [2.45, 2.75) is 20.5 Å². The molecule has 0 radical (unpaired) electrons. The van der Waals surface area contributed by atoms with E-state index in [0.717, 1.165) is 11.3 Å². The lowest BCUT2D eigenvalue weighted by molar-refractivity contribution is 0.274. The summed E-state index contributed by atoms with van der Waals surface area (Å²) in [5.74, 6) is 1.21. The molecule has 0 unspecified atom stereocenters. The normalized spacial score (nSPS) is 10.7. The Morgan fingerprint density at radius 2 is 2.11 bits per heavy atom. The second kappa shape index (κ2) is 5.00. The van der Waals surface area contributed by atoms with E-state index < -0.39 is 0 Å². The van der Waals surface area contributed by atoms with Crippen molar-refractivity contribution < 1.29 is 9.84 Å². The van der Waals surface area contributed by atoms with Crippen LogP contribution in [0, 0.1) is 13.8 Å². The van der Waals surface area contributed by atoms with E-state index in [1.165, 1.54) is 0 Å². The Morgan fingerprint density at radius 3 is 2.78 bits per heavy atom. The molecule has 1 heterocycles. The molecule has 0 saturated heterocycles. The second-order valence-electron chi connectivity index (χ2n) is 4.16. The van der Waals surface area contributed by atoms with Gasteiger partial charge in [-0.05, 0) is 31.5 Å². The highest BCUT2D eigenvalue weighted by molar-refractivity contribution is 6.30. The van der Waals surface area contributed by atoms with Crippen molar-refractivity contribution in [2.24, 2.45) is 7.05 Å². The Morgan fingerprint density at radius 1 is 1.39 bits per heavy atom. The fourth-order valence-electron chi connectivity index (χ4n) is 1.78. The molecule has 0 bridgehead atoms. The van der Waals surface area contributed by atoms with Gasteiger partial charge in [0.15, 0.2) is 0 Å². The van der Waals surface area contributed by atoms with Crippen LogP contribution in [0.15, 0.2) is 18.2 Å². The molecule has 2 rings (SSSR count). The van der Waals surface area contributed by atoms with E-state index in [-0.39, 0.29) is 6.61 Å². The van der Waals surface area contributed by atoms with Crippen molar-refractivity contribution in [3.63, 3.8) is 0 Å². The van der Waals surface area contributed by atoms with Crippen molar-refractivity contribution in [3.05, 3.63) is 40.0 Å². The first-order chi connectivity index (χ1) is 8.52. The minimum atomic E-state index is -0.103. The maximum Gasteiger partial charge on any atom is 0.223 e. The first-order valence-electron chi connectivity index (χ1n) is 5.60. The van der Waals surface area contributed by atoms with Crippen LogP contribution in [0.4, 0.5) is 0 Å². The first kappa shape index (κ1) is 12.9. The van der Waals surface area contributed by atoms with Gasteiger partial charge in [-0.2, -0.15) is 5.10 Å². The summed E-state index contributed by atoms with van der Waals surface area (Å²) in [6.07, 6.45) is 0. The molecule has 2 aromatic rings. The molecule has 96 valence electrons. The highest BCUT2D eigenvalue weighted by atomic mass is 35.5. The van der Waals surface area contributed by atoms with Crippen LogP contribution in [0.1, 0.15) is 16.8 Å². The van der Waals surface area contributed by atoms with Crippen molar-refractivity contribution in [1.29, 1.82) is 0 Å². The number of halogens is 1. The number of nitrogens with zero attached hydrogens (tertiary/aromatic N) is 2. The van der Waals surface area contributed by atoms with Gasteiger partial charge >= 0.3 is 0 Å². The molecule has 0 aliphatic rings. The number of aromatic nitrogens is 2. The highest BCUT2D eigenvalue weighted by Gasteiger charge is 2.15. The van der Waals surface area contributed by atoms with Gasteiger partial charge < -0.3 is 9.84 Å². The number of rotatable bonds is 3. The van der Waals surface area contributed by atoms with E-state index in [0.29, 0.717) is 22.2 Å². The van der Waals surface area contributed by atoms with E-state index in [2.05, 4.69) is 5.10 Å². The number of benzene rings is 1. The second-order valence-corrected chi connectivity index (χ2v) is 4.60. The predicted molar refractivity (Wildman–Crippen MR) is 70.1 cm³/mol. The fourth-order valence-corrected chi connectivity index (χ4v) is 1.94. The molecule has 0 fully saturated rings. The van der Waals surface area contributed by atoms with Crippen molar-refractivity contribution in [3.8, 4) is 11.6 Å². The summed E-state index contributed by atoms with van der Waals surface area (Å²) in [6, 6.07) is 5.45. The van der Waals surface area contributed by atoms with Crippen LogP contribution in [0.2, 0.25) is 5.02 Å². The molecule has 0 atom stereocenters. The van der Waals surface area contributed by atoms with Crippen LogP contribution in [-0.4, -0.2) is 14.9 Å². The average Bonchev–Trinajstić information content (AvgIpc) is 2.58. The zero-order valence-corrected chi connectivity index (χ0v) is 11.3. The molecule has 0 aliphatic heterocycles. The third kappa shape index (κ3) is 2.35. The molecule has 4 nitrogen and oxygen atoms in total. The largest absolute Gasteiger partial charge is 0.439 e. The molecular formula is C13H15ClN2O2. The van der Waals surface area contributed by atoms with Gasteiger partial charge in [0.25, 0.3) is 0 Å². The van der Waals surface area contributed by atoms with Crippen LogP contribution in [0.25, 0.3) is 0 Å². The third-order valence-electron chi connectivity index (χ3n) is 2.80. The number of ether oxygens (including phenoxy) is 1. The summed E-state index contributed by atoms with van der Waals surface area (Å²) in [7, 11) is 1.78. The lowest BCUT2D eigenvalue weighted by Crippen LogP contribution is -1.98. The Bertz CT molecular complexity index is 579. The smallest absolute Gasteiger partial charge is 0.223 e. The predicted octanol–water partition coefficient (Wildman–Crippen LogP) is 2.97. The Hall–Kier alpha value is -1.52. The monoisotopic (exact) mass is 266 g/mol. The zero-order chi connectivity index (χ0) is 13.3. The van der Waals surface area contributed by atoms with Gasteiger partial charge in [0.1, 0.15) is 5.75 Å². The van der Waals surface area contributed by atoms with Crippen LogP contribution >= 0.6 is 11.6 Å². The van der Waals surface area contributed by atoms with Gasteiger partial charge in [0, 0.05) is 12.1 Å². The maximum atomic E-state index is 9.36. The van der Waals surface area contributed by atoms with Crippen molar-refractivity contribution in [1.82, 2.24) is 9.78 Å². The Kier molecular flexibility index (Phi) is 3.59. The van der Waals surface area contributed by atoms with Crippen LogP contribution in [-0.2, 0) is 13.7 Å². The van der Waals surface area contributed by atoms with Gasteiger partial charge in [0.05, 0.1) is 17.9 Å². The molecule has 0 saturated carbocycles. The minimum absolute atomic E-state index is 0.103. The summed E-state index contributed by atoms with van der Waals surface area (Å²) < 4.78 is 7.43. The molecule has 0 amide bonds. The molecular weight excluding hydrogens is 252 g/mol. The summed E-state index contributed by atoms with van der Waals surface area (Å²) in [4.78, 5) is 0. The summed E-state index contributed by atoms with van der Waals surface area (Å²) in [6.45, 7) is 3.67. The average molecular weight is 267 g/mol. The zero-order valence-electron chi connectivity index (χ0n) is 10.6. The van der Waals surface area contributed by atoms with E-state index in [9.17, 15) is 5.11 Å². The summed E-state index contributed by atoms with van der Waals surface area (Å²) in [5.41, 5.74) is 2.42. The van der Waals surface area contributed by atoms with Crippen molar-refractivity contribution >= 4 is 11.6 Å². The van der Waals surface area contributed by atoms with Crippen LogP contribution < -0.4 is 4.74 Å². The molecule has 1 aromatic heterocycles. The van der Waals surface area contributed by atoms with Crippen LogP contribution in [0.5, 0.6) is 11.6 Å². The van der Waals surface area contributed by atoms with E-state index in [1.54, 1.807) is 17.8 Å². The number of aliphatic hydroxyl groups excluding tert-OH is 1. The Balaban J connectivity index is 2.42. The Labute approximate surface area is 111 Å². The van der Waals surface area contributed by atoms with Gasteiger partial charge in [0.2, 0.25) is 5.88 Å². The molecule has 1 N–H and O–H groups in total. The van der Waals surface area contributed by atoms with Crippen molar-refractivity contribution in [2.75, 3.05) is 0 Å². The highest BCUT2D eigenvalue weighted by Crippen LogP contribution is 2.31. The van der Waals surface area contributed by atoms with Gasteiger partial charge in [-0.25, -0.2) is 4.68 Å². The fraction of sp³-hybridized carbons (Fsp3) is 0.308. The molecule has 1 aromatic carbocycles. The standard InChI is InChI=1S/C13H15ClN2O2/c1-8-4-5-10(14)6-12(8)18-13-11(7-17)9(2)15-16(13)3/h4-6,17H,7H2,1-3H3. The van der Waals surface area contributed by atoms with Gasteiger partial charge in [-0.1, -0.05) is 17.7 Å². The topological polar surface area (TPSA) is 47.3 Å². The van der Waals surface area contributed by atoms with E-state index in [4.69, 9.17) is 16.3 Å². The van der Waals surface area contributed by atoms with Crippen LogP contribution in [0.3, 0.4) is 0 Å². The minimum Gasteiger partial charge on any atom is -0.439 e. The SMILES string of the molecule is Cc1ccc(Cl)cc1Oc1c(CO)c(C)nn1C. The lowest BCUT2D eigenvalue weighted by atomic mass is 10.2. The van der Waals surface area contributed by atoms with E-state index >= 15 is 0 Å². The molecule has 5 heteroatoms. The maximum absolute atomic E-state index is 9.36. The molecule has 18 heavy (non-hydrogen) atoms. The molecule has 0 spiro atoms. The number of hydrogen-bond acceptors (Lipinski definition) is 3. The summed E-state index contributed by atoms with van der Waals surface area (Å²) >= 11 is 5.95. The van der Waals surface area contributed by atoms with E-state index in [1.807, 2.05) is 26.0 Å². The number of aliphatic hydroxyl groups is 1. The number of hydrogen-bond donors (Lipinski definition) is 1. The summed E-state index contributed by atoms with van der Waals surface area (Å²) in [5, 5.41) is 14.2. The lowest BCUT2D eigenvalue weighted by Gasteiger charge is -2.10. The first-order valence-corrected chi connectivity index (χ1v) is 5.98. The quantitative estimate of drug-likeness (QED) is 0.929.